The lowest BCUT2D eigenvalue weighted by molar-refractivity contribution is -0.276. The van der Waals surface area contributed by atoms with E-state index in [4.69, 9.17) is 16.7 Å². The van der Waals surface area contributed by atoms with E-state index in [1.54, 1.807) is 0 Å². The Kier molecular flexibility index (Phi) is 4.33. The Bertz CT molecular complexity index is 464. The molecule has 0 aromatic carbocycles. The van der Waals surface area contributed by atoms with Crippen LogP contribution in [0.1, 0.15) is 11.1 Å². The van der Waals surface area contributed by atoms with Crippen molar-refractivity contribution >= 4 is 17.6 Å². The summed E-state index contributed by atoms with van der Waals surface area (Å²) in [5, 5.41) is 8.53. The lowest BCUT2D eigenvalue weighted by Crippen LogP contribution is -2.20. The van der Waals surface area contributed by atoms with Crippen molar-refractivity contribution in [3.05, 3.63) is 23.1 Å². The standard InChI is InChI=1S/C9H6ClF4NO3/c10-3-5-1-4(2-6(16)17)8(15-7(5)11)18-9(12,13)14/h1H,2-3H2,(H,16,17). The number of hydrogen-bond donors (Lipinski definition) is 1. The SMILES string of the molecule is O=C(O)Cc1cc(CCl)c(F)nc1OC(F)(F)F. The molecule has 1 N–H and O–H groups in total. The maximum absolute atomic E-state index is 13.2. The van der Waals surface area contributed by atoms with Crippen molar-refractivity contribution in [2.24, 2.45) is 0 Å². The van der Waals surface area contributed by atoms with Gasteiger partial charge in [0.15, 0.2) is 0 Å². The van der Waals surface area contributed by atoms with Gasteiger partial charge in [0.2, 0.25) is 11.8 Å². The van der Waals surface area contributed by atoms with E-state index in [9.17, 15) is 22.4 Å². The summed E-state index contributed by atoms with van der Waals surface area (Å²) in [6.45, 7) is 0. The summed E-state index contributed by atoms with van der Waals surface area (Å²) in [5.74, 6) is -4.12. The second kappa shape index (κ2) is 5.38. The first-order chi connectivity index (χ1) is 8.23. The predicted molar refractivity (Wildman–Crippen MR) is 51.8 cm³/mol. The van der Waals surface area contributed by atoms with E-state index in [0.717, 1.165) is 6.07 Å². The molecule has 4 nitrogen and oxygen atoms in total. The van der Waals surface area contributed by atoms with Crippen molar-refractivity contribution in [3.8, 4) is 5.88 Å². The van der Waals surface area contributed by atoms with E-state index in [1.807, 2.05) is 0 Å². The van der Waals surface area contributed by atoms with E-state index in [-0.39, 0.29) is 11.4 Å². The highest BCUT2D eigenvalue weighted by Crippen LogP contribution is 2.27. The molecule has 100 valence electrons. The van der Waals surface area contributed by atoms with Gasteiger partial charge >= 0.3 is 12.3 Å². The first-order valence-corrected chi connectivity index (χ1v) is 4.98. The van der Waals surface area contributed by atoms with Crippen molar-refractivity contribution in [2.75, 3.05) is 0 Å². The van der Waals surface area contributed by atoms with Crippen molar-refractivity contribution in [1.29, 1.82) is 0 Å². The topological polar surface area (TPSA) is 59.4 Å². The predicted octanol–water partition coefficient (Wildman–Crippen LogP) is 2.49. The fraction of sp³-hybridized carbons (Fsp3) is 0.333. The van der Waals surface area contributed by atoms with Crippen molar-refractivity contribution in [3.63, 3.8) is 0 Å². The zero-order valence-corrected chi connectivity index (χ0v) is 9.35. The Morgan fingerprint density at radius 1 is 1.44 bits per heavy atom. The van der Waals surface area contributed by atoms with Gasteiger partial charge in [0.25, 0.3) is 0 Å². The Balaban J connectivity index is 3.20. The van der Waals surface area contributed by atoms with Crippen molar-refractivity contribution in [1.82, 2.24) is 4.98 Å². The number of rotatable bonds is 4. The molecule has 0 unspecified atom stereocenters. The lowest BCUT2D eigenvalue weighted by Gasteiger charge is -2.12. The Morgan fingerprint density at radius 2 is 2.06 bits per heavy atom. The van der Waals surface area contributed by atoms with E-state index in [0.29, 0.717) is 0 Å². The molecule has 0 saturated heterocycles. The van der Waals surface area contributed by atoms with Crippen LogP contribution in [-0.2, 0) is 17.1 Å². The monoisotopic (exact) mass is 287 g/mol. The average Bonchev–Trinajstić information content (AvgIpc) is 2.19. The molecule has 0 aliphatic carbocycles. The molecule has 0 spiro atoms. The van der Waals surface area contributed by atoms with Gasteiger partial charge in [-0.3, -0.25) is 4.79 Å². The highest BCUT2D eigenvalue weighted by molar-refractivity contribution is 6.17. The normalized spacial score (nSPS) is 11.4. The number of aromatic nitrogens is 1. The van der Waals surface area contributed by atoms with E-state index in [1.165, 1.54) is 0 Å². The number of pyridine rings is 1. The van der Waals surface area contributed by atoms with Crippen LogP contribution in [-0.4, -0.2) is 22.4 Å². The van der Waals surface area contributed by atoms with Crippen LogP contribution in [0, 0.1) is 5.95 Å². The summed E-state index contributed by atoms with van der Waals surface area (Å²) < 4.78 is 52.7. The third-order valence-electron chi connectivity index (χ3n) is 1.79. The fourth-order valence-corrected chi connectivity index (χ4v) is 1.33. The number of alkyl halides is 4. The highest BCUT2D eigenvalue weighted by Gasteiger charge is 2.33. The van der Waals surface area contributed by atoms with Gasteiger partial charge < -0.3 is 9.84 Å². The number of halogens is 5. The zero-order chi connectivity index (χ0) is 13.9. The van der Waals surface area contributed by atoms with Crippen LogP contribution in [0.2, 0.25) is 0 Å². The van der Waals surface area contributed by atoms with E-state index >= 15 is 0 Å². The quantitative estimate of drug-likeness (QED) is 0.525. The Labute approximate surface area is 103 Å². The van der Waals surface area contributed by atoms with Crippen LogP contribution >= 0.6 is 11.6 Å². The summed E-state index contributed by atoms with van der Waals surface area (Å²) in [6.07, 6.45) is -5.88. The average molecular weight is 288 g/mol. The molecule has 0 amide bonds. The number of carbonyl (C=O) groups is 1. The highest BCUT2D eigenvalue weighted by atomic mass is 35.5. The summed E-state index contributed by atoms with van der Waals surface area (Å²) in [7, 11) is 0. The number of aliphatic carboxylic acids is 1. The molecule has 1 heterocycles. The summed E-state index contributed by atoms with van der Waals surface area (Å²) in [6, 6.07) is 0.879. The minimum atomic E-state index is -5.09. The van der Waals surface area contributed by atoms with Gasteiger partial charge in [-0.1, -0.05) is 0 Å². The second-order valence-electron chi connectivity index (χ2n) is 3.15. The minimum absolute atomic E-state index is 0.206. The van der Waals surface area contributed by atoms with Gasteiger partial charge in [-0.25, -0.2) is 0 Å². The molecule has 0 saturated carbocycles. The second-order valence-corrected chi connectivity index (χ2v) is 3.42. The van der Waals surface area contributed by atoms with Crippen LogP contribution < -0.4 is 4.74 Å². The fourth-order valence-electron chi connectivity index (χ4n) is 1.15. The Morgan fingerprint density at radius 3 is 2.50 bits per heavy atom. The smallest absolute Gasteiger partial charge is 0.481 e. The third-order valence-corrected chi connectivity index (χ3v) is 2.07. The molecular weight excluding hydrogens is 282 g/mol. The summed E-state index contributed by atoms with van der Waals surface area (Å²) >= 11 is 5.34. The molecular formula is C9H6ClF4NO3. The summed E-state index contributed by atoms with van der Waals surface area (Å²) in [4.78, 5) is 13.4. The molecule has 0 bridgehead atoms. The van der Waals surface area contributed by atoms with Gasteiger partial charge in [-0.2, -0.15) is 9.37 Å². The molecule has 0 radical (unpaired) electrons. The van der Waals surface area contributed by atoms with Gasteiger partial charge in [0, 0.05) is 11.1 Å². The molecule has 1 aromatic heterocycles. The van der Waals surface area contributed by atoms with Crippen LogP contribution in [0.4, 0.5) is 17.6 Å². The van der Waals surface area contributed by atoms with Gasteiger partial charge in [0.1, 0.15) is 0 Å². The molecule has 0 aliphatic heterocycles. The van der Waals surface area contributed by atoms with Crippen LogP contribution in [0.5, 0.6) is 5.88 Å². The van der Waals surface area contributed by atoms with Crippen LogP contribution in [0.3, 0.4) is 0 Å². The largest absolute Gasteiger partial charge is 0.574 e. The minimum Gasteiger partial charge on any atom is -0.481 e. The summed E-state index contributed by atoms with van der Waals surface area (Å²) in [5.41, 5.74) is -0.612. The maximum Gasteiger partial charge on any atom is 0.574 e. The van der Waals surface area contributed by atoms with Gasteiger partial charge in [-0.05, 0) is 6.07 Å². The molecule has 0 aliphatic rings. The number of nitrogens with zero attached hydrogens (tertiary/aromatic N) is 1. The van der Waals surface area contributed by atoms with E-state index in [2.05, 4.69) is 9.72 Å². The Hall–Kier alpha value is -1.57. The van der Waals surface area contributed by atoms with Crippen LogP contribution in [0.25, 0.3) is 0 Å². The van der Waals surface area contributed by atoms with Gasteiger partial charge in [0.05, 0.1) is 12.3 Å². The lowest BCUT2D eigenvalue weighted by atomic mass is 10.1. The molecule has 9 heteroatoms. The number of carboxylic acids is 1. The molecule has 18 heavy (non-hydrogen) atoms. The van der Waals surface area contributed by atoms with Crippen LogP contribution in [0.15, 0.2) is 6.07 Å². The number of hydrogen-bond acceptors (Lipinski definition) is 3. The van der Waals surface area contributed by atoms with Crippen molar-refractivity contribution in [2.45, 2.75) is 18.7 Å². The molecule has 0 fully saturated rings. The number of carboxylic acid groups (broad SMARTS) is 1. The first kappa shape index (κ1) is 14.5. The number of ether oxygens (including phenoxy) is 1. The molecule has 0 atom stereocenters. The first-order valence-electron chi connectivity index (χ1n) is 4.44. The molecule has 1 aromatic rings. The third kappa shape index (κ3) is 4.02. The molecule has 1 rings (SSSR count). The van der Waals surface area contributed by atoms with Gasteiger partial charge in [-0.15, -0.1) is 24.8 Å². The maximum atomic E-state index is 13.2. The van der Waals surface area contributed by atoms with E-state index < -0.39 is 36.1 Å². The zero-order valence-electron chi connectivity index (χ0n) is 8.59. The van der Waals surface area contributed by atoms with Crippen molar-refractivity contribution < 1.29 is 32.2 Å².